The summed E-state index contributed by atoms with van der Waals surface area (Å²) in [7, 11) is 0. The highest BCUT2D eigenvalue weighted by Gasteiger charge is 2.50. The van der Waals surface area contributed by atoms with Crippen LogP contribution in [-0.2, 0) is 42.9 Å². The van der Waals surface area contributed by atoms with Gasteiger partial charge >= 0.3 is 23.9 Å². The van der Waals surface area contributed by atoms with Gasteiger partial charge in [-0.25, -0.2) is 4.79 Å². The first-order valence-electron chi connectivity index (χ1n) is 28.6. The third-order valence-corrected chi connectivity index (χ3v) is 12.4. The van der Waals surface area contributed by atoms with Gasteiger partial charge in [0, 0.05) is 19.3 Å². The van der Waals surface area contributed by atoms with Gasteiger partial charge in [-0.2, -0.15) is 0 Å². The molecule has 416 valence electrons. The third kappa shape index (κ3) is 39.0. The Bertz CT molecular complexity index is 1590. The first-order valence-corrected chi connectivity index (χ1v) is 28.6. The number of carbonyl (C=O) groups excluding carboxylic acids is 3. The number of rotatable bonds is 47. The zero-order valence-corrected chi connectivity index (χ0v) is 45.6. The number of aliphatic carboxylic acids is 1. The van der Waals surface area contributed by atoms with E-state index in [2.05, 4.69) is 87.6 Å². The number of carbonyl (C=O) groups is 4. The topological polar surface area (TPSA) is 175 Å². The van der Waals surface area contributed by atoms with Gasteiger partial charge < -0.3 is 39.0 Å². The zero-order valence-electron chi connectivity index (χ0n) is 45.6. The average Bonchev–Trinajstić information content (AvgIpc) is 3.37. The van der Waals surface area contributed by atoms with E-state index in [9.17, 15) is 34.5 Å². The second kappa shape index (κ2) is 48.8. The Balaban J connectivity index is 2.74. The Morgan fingerprint density at radius 2 is 0.918 bits per heavy atom. The van der Waals surface area contributed by atoms with Crippen LogP contribution in [0.15, 0.2) is 85.1 Å². The lowest BCUT2D eigenvalue weighted by Gasteiger charge is -2.40. The number of hydrogen-bond donors (Lipinski definition) is 3. The molecule has 0 aromatic heterocycles. The quantitative estimate of drug-likeness (QED) is 0.0228. The molecule has 1 heterocycles. The average molecular weight is 1030 g/mol. The van der Waals surface area contributed by atoms with E-state index in [1.165, 1.54) is 57.8 Å². The summed E-state index contributed by atoms with van der Waals surface area (Å²) in [6, 6.07) is 0. The van der Waals surface area contributed by atoms with E-state index in [1.807, 2.05) is 18.2 Å². The van der Waals surface area contributed by atoms with Crippen molar-refractivity contribution in [3.05, 3.63) is 85.1 Å². The van der Waals surface area contributed by atoms with Crippen molar-refractivity contribution in [3.63, 3.8) is 0 Å². The lowest BCUT2D eigenvalue weighted by atomic mass is 9.98. The van der Waals surface area contributed by atoms with Crippen molar-refractivity contribution in [2.45, 2.75) is 263 Å². The molecule has 0 amide bonds. The summed E-state index contributed by atoms with van der Waals surface area (Å²) in [5.74, 6) is -3.25. The van der Waals surface area contributed by atoms with Crippen molar-refractivity contribution < 1.29 is 58.2 Å². The Morgan fingerprint density at radius 3 is 1.44 bits per heavy atom. The maximum absolute atomic E-state index is 13.1. The number of unbranched alkanes of at least 4 members (excludes halogenated alkanes) is 19. The van der Waals surface area contributed by atoms with Crippen LogP contribution in [0.3, 0.4) is 0 Å². The van der Waals surface area contributed by atoms with E-state index in [-0.39, 0.29) is 25.9 Å². The Labute approximate surface area is 441 Å². The van der Waals surface area contributed by atoms with Crippen molar-refractivity contribution in [1.82, 2.24) is 0 Å². The first-order chi connectivity index (χ1) is 35.6. The summed E-state index contributed by atoms with van der Waals surface area (Å²) >= 11 is 0. The predicted molar refractivity (Wildman–Crippen MR) is 294 cm³/mol. The van der Waals surface area contributed by atoms with Gasteiger partial charge in [0.1, 0.15) is 18.8 Å². The smallest absolute Gasteiger partial charge is 0.335 e. The number of esters is 3. The van der Waals surface area contributed by atoms with Crippen LogP contribution < -0.4 is 0 Å². The van der Waals surface area contributed by atoms with Gasteiger partial charge in [0.25, 0.3) is 0 Å². The number of hydrogen-bond acceptors (Lipinski definition) is 11. The standard InChI is InChI=1S/C61H100O12/c1-4-7-10-13-16-19-22-25-26-27-28-31-32-35-38-41-44-47-53(62)69-50-52(71-54(63)48-45-42-39-36-33-29-23-20-17-14-11-8-5-2)51-70-61-59(57(66)56(65)58(73-61)60(67)68)72-55(64)49-46-43-40-37-34-30-24-21-18-15-12-9-6-3/h9,11-12,14,18,20-21,23,25-26,30,34,40,43,52,56-59,61,65-66H,4-8,10,13,15-17,19,22,24,27-29,31-33,35-39,41-42,44-51H2,1-3H3,(H,67,68)/b12-9-,14-11-,21-18-,23-20-,26-25-,34-30-,43-40-. The number of carboxylic acids is 1. The Hall–Kier alpha value is -4.10. The van der Waals surface area contributed by atoms with Crippen molar-refractivity contribution in [2.75, 3.05) is 13.2 Å². The third-order valence-electron chi connectivity index (χ3n) is 12.4. The van der Waals surface area contributed by atoms with Gasteiger partial charge in [0.05, 0.1) is 6.61 Å². The molecule has 0 radical (unpaired) electrons. The summed E-state index contributed by atoms with van der Waals surface area (Å²) in [6.07, 6.45) is 50.1. The number of aliphatic hydroxyl groups is 2. The molecule has 73 heavy (non-hydrogen) atoms. The number of allylic oxidation sites excluding steroid dienone is 14. The van der Waals surface area contributed by atoms with E-state index in [0.717, 1.165) is 103 Å². The van der Waals surface area contributed by atoms with Crippen LogP contribution in [0.25, 0.3) is 0 Å². The molecule has 3 N–H and O–H groups in total. The molecule has 12 nitrogen and oxygen atoms in total. The molecule has 6 unspecified atom stereocenters. The van der Waals surface area contributed by atoms with Gasteiger partial charge in [-0.15, -0.1) is 0 Å². The van der Waals surface area contributed by atoms with Crippen LogP contribution in [0.2, 0.25) is 0 Å². The fraction of sp³-hybridized carbons (Fsp3) is 0.705. The van der Waals surface area contributed by atoms with Gasteiger partial charge in [-0.05, 0) is 96.3 Å². The summed E-state index contributed by atoms with van der Waals surface area (Å²) in [4.78, 5) is 51.0. The van der Waals surface area contributed by atoms with Gasteiger partial charge in [-0.3, -0.25) is 14.4 Å². The number of aliphatic hydroxyl groups excluding tert-OH is 2. The van der Waals surface area contributed by atoms with E-state index < -0.39 is 67.3 Å². The molecule has 12 heteroatoms. The highest BCUT2D eigenvalue weighted by molar-refractivity contribution is 5.74. The van der Waals surface area contributed by atoms with Crippen molar-refractivity contribution in [1.29, 1.82) is 0 Å². The molecule has 1 aliphatic heterocycles. The van der Waals surface area contributed by atoms with Crippen molar-refractivity contribution >= 4 is 23.9 Å². The molecule has 0 bridgehead atoms. The lowest BCUT2D eigenvalue weighted by Crippen LogP contribution is -2.61. The zero-order chi connectivity index (χ0) is 53.3. The van der Waals surface area contributed by atoms with Crippen molar-refractivity contribution in [3.8, 4) is 0 Å². The molecule has 0 spiro atoms. The second-order valence-corrected chi connectivity index (χ2v) is 19.2. The SMILES string of the molecule is CC/C=C\C/C=C\C/C=C\C/C=C\CCC(=O)OC1C(OCC(COC(=O)CCCCCCCCC/C=C\CCCCCCCC)OC(=O)CCCCCCC/C=C\C/C=C\CCC)OC(C(=O)O)C(O)C1O. The molecule has 6 atom stereocenters. The monoisotopic (exact) mass is 1020 g/mol. The number of carboxylic acid groups (broad SMARTS) is 1. The van der Waals surface area contributed by atoms with Crippen LogP contribution in [0.1, 0.15) is 226 Å². The molecule has 0 saturated carbocycles. The largest absolute Gasteiger partial charge is 0.479 e. The van der Waals surface area contributed by atoms with Gasteiger partial charge in [-0.1, -0.05) is 196 Å². The molecule has 0 aromatic rings. The normalized spacial score (nSPS) is 18.9. The van der Waals surface area contributed by atoms with Crippen LogP contribution >= 0.6 is 0 Å². The molecule has 0 aromatic carbocycles. The van der Waals surface area contributed by atoms with Crippen LogP contribution in [-0.4, -0.2) is 89.2 Å². The maximum Gasteiger partial charge on any atom is 0.335 e. The van der Waals surface area contributed by atoms with E-state index in [4.69, 9.17) is 23.7 Å². The predicted octanol–water partition coefficient (Wildman–Crippen LogP) is 14.3. The number of ether oxygens (including phenoxy) is 5. The van der Waals surface area contributed by atoms with Crippen molar-refractivity contribution in [2.24, 2.45) is 0 Å². The highest BCUT2D eigenvalue weighted by atomic mass is 16.7. The minimum atomic E-state index is -1.93. The fourth-order valence-corrected chi connectivity index (χ4v) is 8.06. The fourth-order valence-electron chi connectivity index (χ4n) is 8.06. The van der Waals surface area contributed by atoms with E-state index >= 15 is 0 Å². The highest BCUT2D eigenvalue weighted by Crippen LogP contribution is 2.26. The lowest BCUT2D eigenvalue weighted by molar-refractivity contribution is -0.301. The Kier molecular flexibility index (Phi) is 44.7. The maximum atomic E-state index is 13.1. The summed E-state index contributed by atoms with van der Waals surface area (Å²) < 4.78 is 28.3. The molecular weight excluding hydrogens is 925 g/mol. The summed E-state index contributed by atoms with van der Waals surface area (Å²) in [6.45, 7) is 5.74. The minimum Gasteiger partial charge on any atom is -0.479 e. The van der Waals surface area contributed by atoms with E-state index in [0.29, 0.717) is 25.7 Å². The summed E-state index contributed by atoms with van der Waals surface area (Å²) in [5, 5.41) is 31.4. The van der Waals surface area contributed by atoms with Crippen LogP contribution in [0, 0.1) is 0 Å². The molecule has 1 rings (SSSR count). The van der Waals surface area contributed by atoms with E-state index in [1.54, 1.807) is 0 Å². The van der Waals surface area contributed by atoms with Gasteiger partial charge in [0.15, 0.2) is 24.6 Å². The second-order valence-electron chi connectivity index (χ2n) is 19.2. The Morgan fingerprint density at radius 1 is 0.466 bits per heavy atom. The molecule has 1 fully saturated rings. The van der Waals surface area contributed by atoms with Crippen LogP contribution in [0.5, 0.6) is 0 Å². The van der Waals surface area contributed by atoms with Crippen LogP contribution in [0.4, 0.5) is 0 Å². The molecule has 1 aliphatic rings. The minimum absolute atomic E-state index is 0.0653. The first kappa shape index (κ1) is 66.9. The molecule has 1 saturated heterocycles. The summed E-state index contributed by atoms with van der Waals surface area (Å²) in [5.41, 5.74) is 0. The molecule has 0 aliphatic carbocycles. The van der Waals surface area contributed by atoms with Gasteiger partial charge in [0.2, 0.25) is 0 Å². The molecular formula is C61H100O12.